The Morgan fingerprint density at radius 1 is 1.50 bits per heavy atom. The highest BCUT2D eigenvalue weighted by molar-refractivity contribution is 4.90. The van der Waals surface area contributed by atoms with Crippen LogP contribution in [0.2, 0.25) is 0 Å². The molecular weight excluding hydrogens is 146 g/mol. The van der Waals surface area contributed by atoms with E-state index < -0.39 is 0 Å². The van der Waals surface area contributed by atoms with Crippen LogP contribution in [-0.2, 0) is 0 Å². The molecule has 3 unspecified atom stereocenters. The van der Waals surface area contributed by atoms with Crippen molar-refractivity contribution in [3.05, 3.63) is 0 Å². The molecule has 1 aliphatic carbocycles. The van der Waals surface area contributed by atoms with Gasteiger partial charge in [-0.3, -0.25) is 0 Å². The van der Waals surface area contributed by atoms with E-state index in [0.29, 0.717) is 5.92 Å². The van der Waals surface area contributed by atoms with Crippen molar-refractivity contribution in [1.82, 2.24) is 0 Å². The van der Waals surface area contributed by atoms with Crippen LogP contribution in [0, 0.1) is 11.8 Å². The summed E-state index contributed by atoms with van der Waals surface area (Å²) in [6.07, 6.45) is 6.66. The van der Waals surface area contributed by atoms with Crippen molar-refractivity contribution in [1.29, 1.82) is 0 Å². The monoisotopic (exact) mass is 169 g/mol. The fourth-order valence-corrected chi connectivity index (χ4v) is 2.32. The fraction of sp³-hybridized carbons (Fsp3) is 1.00. The zero-order valence-electron chi connectivity index (χ0n) is 8.77. The van der Waals surface area contributed by atoms with Crippen LogP contribution in [0.3, 0.4) is 0 Å². The molecule has 0 aromatic heterocycles. The summed E-state index contributed by atoms with van der Waals surface area (Å²) in [6, 6.07) is 0. The molecule has 1 heteroatoms. The minimum absolute atomic E-state index is 0.115. The first-order valence-corrected chi connectivity index (χ1v) is 5.35. The third-order valence-electron chi connectivity index (χ3n) is 3.60. The van der Waals surface area contributed by atoms with Crippen LogP contribution in [0.4, 0.5) is 0 Å². The van der Waals surface area contributed by atoms with Crippen LogP contribution in [0.25, 0.3) is 0 Å². The largest absolute Gasteiger partial charge is 0.325 e. The molecule has 0 aromatic rings. The number of hydrogen-bond donors (Lipinski definition) is 1. The molecule has 1 fully saturated rings. The molecule has 1 saturated carbocycles. The highest BCUT2D eigenvalue weighted by Gasteiger charge is 2.33. The number of rotatable bonds is 2. The molecule has 1 aliphatic rings. The lowest BCUT2D eigenvalue weighted by Gasteiger charge is -2.40. The van der Waals surface area contributed by atoms with Gasteiger partial charge in [-0.15, -0.1) is 0 Å². The molecule has 2 N–H and O–H groups in total. The predicted octanol–water partition coefficient (Wildman–Crippen LogP) is 2.94. The first-order valence-electron chi connectivity index (χ1n) is 5.35. The van der Waals surface area contributed by atoms with Crippen molar-refractivity contribution < 1.29 is 0 Å². The average molecular weight is 169 g/mol. The van der Waals surface area contributed by atoms with Gasteiger partial charge in [-0.1, -0.05) is 26.7 Å². The second kappa shape index (κ2) is 3.78. The van der Waals surface area contributed by atoms with Gasteiger partial charge in [0.05, 0.1) is 0 Å². The molecule has 1 nitrogen and oxygen atoms in total. The summed E-state index contributed by atoms with van der Waals surface area (Å²) in [5.74, 6) is 1.67. The maximum atomic E-state index is 6.18. The Morgan fingerprint density at radius 2 is 2.17 bits per heavy atom. The van der Waals surface area contributed by atoms with Gasteiger partial charge >= 0.3 is 0 Å². The highest BCUT2D eigenvalue weighted by Crippen LogP contribution is 2.36. The van der Waals surface area contributed by atoms with Crippen LogP contribution < -0.4 is 5.73 Å². The number of nitrogens with two attached hydrogens (primary N) is 1. The van der Waals surface area contributed by atoms with Crippen molar-refractivity contribution >= 4 is 0 Å². The second-order valence-electron chi connectivity index (χ2n) is 4.84. The van der Waals surface area contributed by atoms with Crippen molar-refractivity contribution in [2.45, 2.75) is 58.4 Å². The van der Waals surface area contributed by atoms with Gasteiger partial charge in [0.2, 0.25) is 0 Å². The van der Waals surface area contributed by atoms with Gasteiger partial charge in [-0.05, 0) is 38.0 Å². The van der Waals surface area contributed by atoms with Crippen LogP contribution in [0.5, 0.6) is 0 Å². The molecule has 0 amide bonds. The minimum atomic E-state index is 0.115. The first-order chi connectivity index (χ1) is 5.56. The Hall–Kier alpha value is -0.0400. The van der Waals surface area contributed by atoms with E-state index in [2.05, 4.69) is 20.8 Å². The zero-order chi connectivity index (χ0) is 9.19. The predicted molar refractivity (Wildman–Crippen MR) is 54.0 cm³/mol. The topological polar surface area (TPSA) is 26.0 Å². The summed E-state index contributed by atoms with van der Waals surface area (Å²) in [7, 11) is 0. The Kier molecular flexibility index (Phi) is 3.16. The van der Waals surface area contributed by atoms with Gasteiger partial charge in [-0.2, -0.15) is 0 Å². The van der Waals surface area contributed by atoms with E-state index in [0.717, 1.165) is 5.92 Å². The first kappa shape index (κ1) is 10.0. The maximum Gasteiger partial charge on any atom is 0.0151 e. The average Bonchev–Trinajstić information content (AvgIpc) is 1.98. The molecule has 0 bridgehead atoms. The molecule has 0 aliphatic heterocycles. The van der Waals surface area contributed by atoms with E-state index in [1.54, 1.807) is 0 Å². The van der Waals surface area contributed by atoms with E-state index in [1.807, 2.05) is 0 Å². The lowest BCUT2D eigenvalue weighted by Crippen LogP contribution is -2.46. The smallest absolute Gasteiger partial charge is 0.0151 e. The zero-order valence-corrected chi connectivity index (χ0v) is 8.77. The molecule has 0 heterocycles. The summed E-state index contributed by atoms with van der Waals surface area (Å²) in [4.78, 5) is 0. The molecule has 3 atom stereocenters. The molecule has 0 aromatic carbocycles. The molecule has 12 heavy (non-hydrogen) atoms. The van der Waals surface area contributed by atoms with Gasteiger partial charge in [0.25, 0.3) is 0 Å². The van der Waals surface area contributed by atoms with Crippen LogP contribution in [0.1, 0.15) is 52.9 Å². The van der Waals surface area contributed by atoms with Crippen molar-refractivity contribution in [2.75, 3.05) is 0 Å². The molecule has 1 rings (SSSR count). The molecule has 72 valence electrons. The minimum Gasteiger partial charge on any atom is -0.325 e. The molecule has 0 saturated heterocycles. The Labute approximate surface area is 76.7 Å². The summed E-state index contributed by atoms with van der Waals surface area (Å²) in [5.41, 5.74) is 6.29. The summed E-state index contributed by atoms with van der Waals surface area (Å²) in [5, 5.41) is 0. The van der Waals surface area contributed by atoms with Crippen LogP contribution in [0.15, 0.2) is 0 Å². The lowest BCUT2D eigenvalue weighted by molar-refractivity contribution is 0.165. The number of hydrogen-bond acceptors (Lipinski definition) is 1. The van der Waals surface area contributed by atoms with Crippen molar-refractivity contribution in [2.24, 2.45) is 17.6 Å². The van der Waals surface area contributed by atoms with Gasteiger partial charge < -0.3 is 5.73 Å². The molecule has 0 spiro atoms. The Balaban J connectivity index is 2.41. The second-order valence-corrected chi connectivity index (χ2v) is 4.84. The van der Waals surface area contributed by atoms with Gasteiger partial charge in [-0.25, -0.2) is 0 Å². The van der Waals surface area contributed by atoms with E-state index in [1.165, 1.54) is 32.1 Å². The van der Waals surface area contributed by atoms with E-state index in [-0.39, 0.29) is 5.54 Å². The maximum absolute atomic E-state index is 6.18. The molecule has 0 radical (unpaired) electrons. The quantitative estimate of drug-likeness (QED) is 0.675. The van der Waals surface area contributed by atoms with E-state index in [4.69, 9.17) is 5.73 Å². The Morgan fingerprint density at radius 3 is 2.67 bits per heavy atom. The SMILES string of the molecule is CCCC1CCC(C)(N)C(C)C1. The van der Waals surface area contributed by atoms with E-state index in [9.17, 15) is 0 Å². The fourth-order valence-electron chi connectivity index (χ4n) is 2.32. The van der Waals surface area contributed by atoms with Crippen molar-refractivity contribution in [3.8, 4) is 0 Å². The summed E-state index contributed by atoms with van der Waals surface area (Å²) in [6.45, 7) is 6.79. The standard InChI is InChI=1S/C11H23N/c1-4-5-10-6-7-11(3,12)9(2)8-10/h9-10H,4-8,12H2,1-3H3. The lowest BCUT2D eigenvalue weighted by atomic mass is 9.70. The van der Waals surface area contributed by atoms with Crippen LogP contribution in [-0.4, -0.2) is 5.54 Å². The third-order valence-corrected chi connectivity index (χ3v) is 3.60. The Bertz CT molecular complexity index is 140. The van der Waals surface area contributed by atoms with Gasteiger partial charge in [0, 0.05) is 5.54 Å². The molecular formula is C11H23N. The van der Waals surface area contributed by atoms with Crippen LogP contribution >= 0.6 is 0 Å². The normalized spacial score (nSPS) is 43.0. The summed E-state index contributed by atoms with van der Waals surface area (Å²) < 4.78 is 0. The van der Waals surface area contributed by atoms with Crippen molar-refractivity contribution in [3.63, 3.8) is 0 Å². The van der Waals surface area contributed by atoms with Gasteiger partial charge in [0.15, 0.2) is 0 Å². The van der Waals surface area contributed by atoms with E-state index >= 15 is 0 Å². The van der Waals surface area contributed by atoms with Gasteiger partial charge in [0.1, 0.15) is 0 Å². The third kappa shape index (κ3) is 2.22. The highest BCUT2D eigenvalue weighted by atomic mass is 14.7. The summed E-state index contributed by atoms with van der Waals surface area (Å²) >= 11 is 0.